The van der Waals surface area contributed by atoms with E-state index in [9.17, 15) is 0 Å². The zero-order chi connectivity index (χ0) is 14.0. The highest BCUT2D eigenvalue weighted by atomic mass is 35.5. The van der Waals surface area contributed by atoms with Gasteiger partial charge in [-0.1, -0.05) is 31.5 Å². The van der Waals surface area contributed by atoms with Crippen LogP contribution in [-0.4, -0.2) is 29.5 Å². The van der Waals surface area contributed by atoms with Gasteiger partial charge in [0.2, 0.25) is 0 Å². The number of methoxy groups -OCH3 is 1. The molecule has 1 heterocycles. The normalized spacial score (nSPS) is 22.4. The highest BCUT2D eigenvalue weighted by Gasteiger charge is 2.29. The molecule has 2 N–H and O–H groups in total. The zero-order valence-corrected chi connectivity index (χ0v) is 12.6. The van der Waals surface area contributed by atoms with Crippen molar-refractivity contribution >= 4 is 17.2 Å². The minimum atomic E-state index is 0.0839. The van der Waals surface area contributed by atoms with E-state index in [-0.39, 0.29) is 11.5 Å². The monoisotopic (exact) mass is 283 g/mol. The van der Waals surface area contributed by atoms with Gasteiger partial charge in [0.05, 0.1) is 30.1 Å². The molecule has 4 nitrogen and oxygen atoms in total. The van der Waals surface area contributed by atoms with Crippen LogP contribution in [0.2, 0.25) is 5.02 Å². The summed E-state index contributed by atoms with van der Waals surface area (Å²) in [7, 11) is 1.68. The lowest BCUT2D eigenvalue weighted by Gasteiger charge is -2.33. The van der Waals surface area contributed by atoms with Gasteiger partial charge in [-0.3, -0.25) is 4.68 Å². The van der Waals surface area contributed by atoms with Crippen LogP contribution in [0.25, 0.3) is 5.57 Å². The van der Waals surface area contributed by atoms with Gasteiger partial charge >= 0.3 is 0 Å². The van der Waals surface area contributed by atoms with Crippen molar-refractivity contribution in [1.82, 2.24) is 9.78 Å². The molecule has 1 aliphatic carbocycles. The molecular formula is C14H22ClN3O. The predicted octanol–water partition coefficient (Wildman–Crippen LogP) is 2.71. The van der Waals surface area contributed by atoms with Gasteiger partial charge in [-0.25, -0.2) is 0 Å². The third-order valence-corrected chi connectivity index (χ3v) is 3.76. The predicted molar refractivity (Wildman–Crippen MR) is 78.1 cm³/mol. The molecule has 1 aliphatic rings. The lowest BCUT2D eigenvalue weighted by molar-refractivity contribution is 0.183. The number of allylic oxidation sites excluding steroid dienone is 1. The van der Waals surface area contributed by atoms with Crippen LogP contribution in [-0.2, 0) is 11.3 Å². The molecule has 0 aliphatic heterocycles. The minimum Gasteiger partial charge on any atom is -0.383 e. The van der Waals surface area contributed by atoms with Crippen LogP contribution in [0.15, 0.2) is 12.3 Å². The maximum atomic E-state index is 6.29. The Morgan fingerprint density at radius 3 is 2.95 bits per heavy atom. The van der Waals surface area contributed by atoms with Gasteiger partial charge in [0, 0.05) is 13.2 Å². The number of nitrogens with zero attached hydrogens (tertiary/aromatic N) is 2. The second-order valence-electron chi connectivity index (χ2n) is 5.96. The van der Waals surface area contributed by atoms with E-state index in [1.807, 2.05) is 4.68 Å². The van der Waals surface area contributed by atoms with E-state index in [4.69, 9.17) is 22.1 Å². The van der Waals surface area contributed by atoms with Crippen molar-refractivity contribution in [3.8, 4) is 0 Å². The molecule has 0 spiro atoms. The number of hydrogen-bond donors (Lipinski definition) is 1. The number of nitrogens with two attached hydrogens (primary N) is 1. The minimum absolute atomic E-state index is 0.0839. The molecule has 0 saturated carbocycles. The average molecular weight is 284 g/mol. The van der Waals surface area contributed by atoms with Gasteiger partial charge in [0.25, 0.3) is 0 Å². The van der Waals surface area contributed by atoms with Crippen LogP contribution < -0.4 is 5.73 Å². The van der Waals surface area contributed by atoms with Gasteiger partial charge in [-0.05, 0) is 23.8 Å². The summed E-state index contributed by atoms with van der Waals surface area (Å²) >= 11 is 6.29. The summed E-state index contributed by atoms with van der Waals surface area (Å²) in [5.74, 6) is 0. The SMILES string of the molecule is COCCn1ncc(Cl)c1C1=CC(N)CC(C)(C)C1. The summed E-state index contributed by atoms with van der Waals surface area (Å²) in [5, 5.41) is 5.01. The third-order valence-electron chi connectivity index (χ3n) is 3.48. The first-order chi connectivity index (χ1) is 8.93. The van der Waals surface area contributed by atoms with Gasteiger partial charge in [-0.2, -0.15) is 5.10 Å². The molecular weight excluding hydrogens is 262 g/mol. The smallest absolute Gasteiger partial charge is 0.0862 e. The number of aromatic nitrogens is 2. The van der Waals surface area contributed by atoms with E-state index < -0.39 is 0 Å². The van der Waals surface area contributed by atoms with E-state index in [1.54, 1.807) is 13.3 Å². The van der Waals surface area contributed by atoms with E-state index in [0.29, 0.717) is 18.2 Å². The van der Waals surface area contributed by atoms with Crippen LogP contribution >= 0.6 is 11.6 Å². The van der Waals surface area contributed by atoms with Crippen LogP contribution in [0, 0.1) is 5.41 Å². The Kier molecular flexibility index (Phi) is 4.33. The van der Waals surface area contributed by atoms with Crippen LogP contribution in [0.3, 0.4) is 0 Å². The molecule has 1 aromatic heterocycles. The molecule has 1 unspecified atom stereocenters. The molecule has 0 saturated heterocycles. The maximum Gasteiger partial charge on any atom is 0.0862 e. The Morgan fingerprint density at radius 2 is 2.32 bits per heavy atom. The Morgan fingerprint density at radius 1 is 1.58 bits per heavy atom. The lowest BCUT2D eigenvalue weighted by Crippen LogP contribution is -2.31. The van der Waals surface area contributed by atoms with E-state index in [0.717, 1.165) is 18.5 Å². The molecule has 0 aromatic carbocycles. The molecule has 5 heteroatoms. The molecule has 1 atom stereocenters. The fourth-order valence-corrected chi connectivity index (χ4v) is 3.06. The van der Waals surface area contributed by atoms with Crippen LogP contribution in [0.1, 0.15) is 32.4 Å². The van der Waals surface area contributed by atoms with Crippen molar-refractivity contribution in [1.29, 1.82) is 0 Å². The average Bonchev–Trinajstić information content (AvgIpc) is 2.65. The third kappa shape index (κ3) is 3.38. The Bertz CT molecular complexity index is 479. The quantitative estimate of drug-likeness (QED) is 0.924. The fourth-order valence-electron chi connectivity index (χ4n) is 2.79. The molecule has 0 amide bonds. The van der Waals surface area contributed by atoms with Crippen LogP contribution in [0.4, 0.5) is 0 Å². The van der Waals surface area contributed by atoms with Gasteiger partial charge in [0.1, 0.15) is 0 Å². The van der Waals surface area contributed by atoms with E-state index in [1.165, 1.54) is 5.57 Å². The Labute approximate surface area is 119 Å². The number of hydrogen-bond acceptors (Lipinski definition) is 3. The van der Waals surface area contributed by atoms with E-state index in [2.05, 4.69) is 25.0 Å². The topological polar surface area (TPSA) is 53.1 Å². The summed E-state index contributed by atoms with van der Waals surface area (Å²) in [6.45, 7) is 5.80. The number of rotatable bonds is 4. The highest BCUT2D eigenvalue weighted by molar-refractivity contribution is 6.32. The molecule has 0 radical (unpaired) electrons. The van der Waals surface area contributed by atoms with Crippen molar-refractivity contribution < 1.29 is 4.74 Å². The van der Waals surface area contributed by atoms with Crippen molar-refractivity contribution in [2.24, 2.45) is 11.1 Å². The van der Waals surface area contributed by atoms with Gasteiger partial charge in [0.15, 0.2) is 0 Å². The molecule has 0 bridgehead atoms. The van der Waals surface area contributed by atoms with Crippen molar-refractivity contribution in [3.05, 3.63) is 23.0 Å². The summed E-state index contributed by atoms with van der Waals surface area (Å²) in [5.41, 5.74) is 8.52. The van der Waals surface area contributed by atoms with Crippen molar-refractivity contribution in [3.63, 3.8) is 0 Å². The molecule has 19 heavy (non-hydrogen) atoms. The zero-order valence-electron chi connectivity index (χ0n) is 11.8. The Balaban J connectivity index is 2.33. The molecule has 1 aromatic rings. The molecule has 0 fully saturated rings. The van der Waals surface area contributed by atoms with Gasteiger partial charge in [-0.15, -0.1) is 0 Å². The lowest BCUT2D eigenvalue weighted by atomic mass is 9.75. The Hall–Kier alpha value is -0.840. The summed E-state index contributed by atoms with van der Waals surface area (Å²) in [6.07, 6.45) is 5.79. The van der Waals surface area contributed by atoms with Crippen molar-refractivity contribution in [2.75, 3.05) is 13.7 Å². The first kappa shape index (κ1) is 14.6. The fraction of sp³-hybridized carbons (Fsp3) is 0.643. The maximum absolute atomic E-state index is 6.29. The number of ether oxygens (including phenoxy) is 1. The summed E-state index contributed by atoms with van der Waals surface area (Å²) in [6, 6.07) is 0.0839. The summed E-state index contributed by atoms with van der Waals surface area (Å²) in [4.78, 5) is 0. The van der Waals surface area contributed by atoms with Gasteiger partial charge < -0.3 is 10.5 Å². The summed E-state index contributed by atoms with van der Waals surface area (Å²) < 4.78 is 7.02. The van der Waals surface area contributed by atoms with Crippen LogP contribution in [0.5, 0.6) is 0 Å². The second kappa shape index (κ2) is 5.65. The first-order valence-corrected chi connectivity index (χ1v) is 6.97. The standard InChI is InChI=1S/C14H22ClN3O/c1-14(2)7-10(6-11(16)8-14)13-12(15)9-17-18(13)4-5-19-3/h6,9,11H,4-5,7-8,16H2,1-3H3. The van der Waals surface area contributed by atoms with E-state index >= 15 is 0 Å². The second-order valence-corrected chi connectivity index (χ2v) is 6.37. The number of halogens is 1. The molecule has 106 valence electrons. The highest BCUT2D eigenvalue weighted by Crippen LogP contribution is 2.40. The van der Waals surface area contributed by atoms with Crippen molar-refractivity contribution in [2.45, 2.75) is 39.3 Å². The largest absolute Gasteiger partial charge is 0.383 e. The first-order valence-electron chi connectivity index (χ1n) is 6.60. The molecule has 2 rings (SSSR count).